The van der Waals surface area contributed by atoms with Gasteiger partial charge in [0.2, 0.25) is 0 Å². The predicted molar refractivity (Wildman–Crippen MR) is 138 cm³/mol. The van der Waals surface area contributed by atoms with Crippen LogP contribution in [0.1, 0.15) is 30.9 Å². The summed E-state index contributed by atoms with van der Waals surface area (Å²) in [6.07, 6.45) is 11.9. The highest BCUT2D eigenvalue weighted by Crippen LogP contribution is 2.64. The van der Waals surface area contributed by atoms with Crippen molar-refractivity contribution in [3.05, 3.63) is 67.8 Å². The molecule has 6 heteroatoms. The summed E-state index contributed by atoms with van der Waals surface area (Å²) in [6, 6.07) is 7.99. The maximum absolute atomic E-state index is 5.89. The molecule has 2 bridgehead atoms. The molecule has 7 rings (SSSR count). The monoisotopic (exact) mass is 496 g/mol. The van der Waals surface area contributed by atoms with Gasteiger partial charge in [0.25, 0.3) is 0 Å². The van der Waals surface area contributed by atoms with Crippen LogP contribution in [0.2, 0.25) is 0 Å². The van der Waals surface area contributed by atoms with Gasteiger partial charge in [0, 0.05) is 0 Å². The average molecular weight is 497 g/mol. The van der Waals surface area contributed by atoms with E-state index in [1.807, 2.05) is 30.3 Å². The molecular weight excluding hydrogens is 456 g/mol. The number of hydrogen-bond donors (Lipinski definition) is 0. The first kappa shape index (κ1) is 25.7. The largest absolute Gasteiger partial charge is 0.490 e. The van der Waals surface area contributed by atoms with E-state index in [4.69, 9.17) is 28.4 Å². The van der Waals surface area contributed by atoms with E-state index in [0.717, 1.165) is 55.8 Å². The fraction of sp³-hybridized carbons (Fsp3) is 0.600. The normalized spacial score (nSPS) is 37.3. The quantitative estimate of drug-likeness (QED) is 0.246. The second-order valence-electron chi connectivity index (χ2n) is 10.4. The number of rotatable bonds is 11. The highest BCUT2D eigenvalue weighted by molar-refractivity contribution is 5.30. The molecule has 196 valence electrons. The maximum Gasteiger partial charge on any atom is 0.119 e. The van der Waals surface area contributed by atoms with Crippen molar-refractivity contribution in [2.75, 3.05) is 39.6 Å². The van der Waals surface area contributed by atoms with Crippen LogP contribution in [-0.2, 0) is 23.7 Å². The molecule has 9 unspecified atom stereocenters. The minimum atomic E-state index is 0.327. The molecule has 1 aromatic rings. The summed E-state index contributed by atoms with van der Waals surface area (Å²) in [5.74, 6) is 4.47. The smallest absolute Gasteiger partial charge is 0.119 e. The molecular formula is C30H40O6. The third kappa shape index (κ3) is 6.48. The molecule has 3 saturated heterocycles. The summed E-state index contributed by atoms with van der Waals surface area (Å²) in [5.41, 5.74) is 1.23. The molecule has 6 aliphatic rings. The number of ether oxygens (including phenoxy) is 6. The van der Waals surface area contributed by atoms with E-state index >= 15 is 0 Å². The molecule has 9 atom stereocenters. The molecule has 0 amide bonds. The van der Waals surface area contributed by atoms with E-state index < -0.39 is 0 Å². The standard InChI is InChI=1S/C13H18O2.C11H12O2.C6H10O2/c1-2-3-14-10-5-7-4-8(10)9-6-11-13(15-11)12(7)9;1-2-7-12-10-5-3-9(4-6-10)11-8-13-11;1-2-3-7-4-6-5-8-6/h2,7-13H,1,3-6H2;2-6,11H,1,7-8H2;2,6H,1,3-5H2. The van der Waals surface area contributed by atoms with Crippen molar-refractivity contribution in [2.24, 2.45) is 23.7 Å². The molecule has 0 spiro atoms. The Kier molecular flexibility index (Phi) is 8.60. The van der Waals surface area contributed by atoms with Crippen molar-refractivity contribution >= 4 is 0 Å². The van der Waals surface area contributed by atoms with E-state index in [1.54, 1.807) is 12.2 Å². The lowest BCUT2D eigenvalue weighted by Crippen LogP contribution is -2.33. The van der Waals surface area contributed by atoms with Crippen molar-refractivity contribution in [1.82, 2.24) is 0 Å². The van der Waals surface area contributed by atoms with Gasteiger partial charge in [-0.3, -0.25) is 0 Å². The van der Waals surface area contributed by atoms with E-state index in [9.17, 15) is 0 Å². The Morgan fingerprint density at radius 3 is 2.28 bits per heavy atom. The Morgan fingerprint density at radius 1 is 0.861 bits per heavy atom. The van der Waals surface area contributed by atoms with Gasteiger partial charge in [-0.05, 0) is 60.6 Å². The topological polar surface area (TPSA) is 65.3 Å². The molecule has 3 heterocycles. The first-order chi connectivity index (χ1) is 17.7. The second-order valence-corrected chi connectivity index (χ2v) is 10.4. The van der Waals surface area contributed by atoms with Crippen LogP contribution in [0.25, 0.3) is 0 Å². The Hall–Kier alpha value is -1.96. The molecule has 6 fully saturated rings. The fourth-order valence-electron chi connectivity index (χ4n) is 6.27. The van der Waals surface area contributed by atoms with E-state index in [0.29, 0.717) is 43.7 Å². The van der Waals surface area contributed by atoms with Gasteiger partial charge in [0.05, 0.1) is 51.3 Å². The second kappa shape index (κ2) is 12.1. The predicted octanol–water partition coefficient (Wildman–Crippen LogP) is 4.91. The van der Waals surface area contributed by atoms with Gasteiger partial charge in [-0.2, -0.15) is 0 Å². The SMILES string of the molecule is C=CCOC1CC2CC1C1CC3OC3C21.C=CCOCC1CO1.C=CCOc1ccc(C2CO2)cc1. The summed E-state index contributed by atoms with van der Waals surface area (Å²) >= 11 is 0. The zero-order valence-corrected chi connectivity index (χ0v) is 21.2. The Labute approximate surface area is 215 Å². The lowest BCUT2D eigenvalue weighted by molar-refractivity contribution is -0.00957. The van der Waals surface area contributed by atoms with Crippen LogP contribution in [0.15, 0.2) is 62.2 Å². The summed E-state index contributed by atoms with van der Waals surface area (Å²) in [5, 5.41) is 0. The average Bonchev–Trinajstić information content (AvgIpc) is 3.85. The Bertz CT molecular complexity index is 876. The summed E-state index contributed by atoms with van der Waals surface area (Å²) in [7, 11) is 0. The molecule has 36 heavy (non-hydrogen) atoms. The molecule has 3 saturated carbocycles. The summed E-state index contributed by atoms with van der Waals surface area (Å²) < 4.78 is 32.0. The highest BCUT2D eigenvalue weighted by Gasteiger charge is 2.66. The van der Waals surface area contributed by atoms with Gasteiger partial charge in [0.15, 0.2) is 0 Å². The molecule has 1 aromatic carbocycles. The van der Waals surface area contributed by atoms with Gasteiger partial charge in [0.1, 0.15) is 24.6 Å². The van der Waals surface area contributed by atoms with Crippen LogP contribution in [0.4, 0.5) is 0 Å². The van der Waals surface area contributed by atoms with Crippen molar-refractivity contribution < 1.29 is 28.4 Å². The first-order valence-corrected chi connectivity index (χ1v) is 13.3. The number of benzene rings is 1. The number of hydrogen-bond acceptors (Lipinski definition) is 6. The van der Waals surface area contributed by atoms with Gasteiger partial charge < -0.3 is 28.4 Å². The third-order valence-electron chi connectivity index (χ3n) is 8.00. The van der Waals surface area contributed by atoms with E-state index in [1.165, 1.54) is 24.8 Å². The first-order valence-electron chi connectivity index (χ1n) is 13.3. The van der Waals surface area contributed by atoms with Crippen molar-refractivity contribution in [2.45, 2.75) is 49.8 Å². The Balaban J connectivity index is 0.000000117. The number of epoxide rings is 3. The van der Waals surface area contributed by atoms with Crippen LogP contribution in [0, 0.1) is 23.7 Å². The third-order valence-corrected chi connectivity index (χ3v) is 8.00. The van der Waals surface area contributed by atoms with Crippen molar-refractivity contribution in [1.29, 1.82) is 0 Å². The minimum absolute atomic E-state index is 0.327. The summed E-state index contributed by atoms with van der Waals surface area (Å²) in [4.78, 5) is 0. The molecule has 3 aliphatic carbocycles. The van der Waals surface area contributed by atoms with Crippen LogP contribution in [0.3, 0.4) is 0 Å². The molecule has 3 aliphatic heterocycles. The zero-order valence-electron chi connectivity index (χ0n) is 21.2. The van der Waals surface area contributed by atoms with Crippen LogP contribution in [0.5, 0.6) is 5.75 Å². The lowest BCUT2D eigenvalue weighted by atomic mass is 9.79. The van der Waals surface area contributed by atoms with Gasteiger partial charge >= 0.3 is 0 Å². The van der Waals surface area contributed by atoms with Crippen LogP contribution >= 0.6 is 0 Å². The maximum atomic E-state index is 5.89. The van der Waals surface area contributed by atoms with E-state index in [2.05, 4.69) is 19.7 Å². The van der Waals surface area contributed by atoms with Crippen molar-refractivity contribution in [3.63, 3.8) is 0 Å². The van der Waals surface area contributed by atoms with Crippen LogP contribution in [-0.4, -0.2) is 64.1 Å². The highest BCUT2D eigenvalue weighted by atomic mass is 16.6. The van der Waals surface area contributed by atoms with E-state index in [-0.39, 0.29) is 0 Å². The number of fused-ring (bicyclic) bond motifs is 7. The van der Waals surface area contributed by atoms with Gasteiger partial charge in [-0.1, -0.05) is 36.9 Å². The molecule has 6 nitrogen and oxygen atoms in total. The van der Waals surface area contributed by atoms with Gasteiger partial charge in [-0.25, -0.2) is 0 Å². The lowest BCUT2D eigenvalue weighted by Gasteiger charge is -2.32. The molecule has 0 radical (unpaired) electrons. The molecule has 0 aromatic heterocycles. The minimum Gasteiger partial charge on any atom is -0.490 e. The molecule has 0 N–H and O–H groups in total. The fourth-order valence-corrected chi connectivity index (χ4v) is 6.27. The van der Waals surface area contributed by atoms with Gasteiger partial charge in [-0.15, -0.1) is 13.2 Å². The van der Waals surface area contributed by atoms with Crippen molar-refractivity contribution in [3.8, 4) is 5.75 Å². The van der Waals surface area contributed by atoms with Crippen LogP contribution < -0.4 is 4.74 Å². The summed E-state index contributed by atoms with van der Waals surface area (Å²) in [6.45, 7) is 15.2. The Morgan fingerprint density at radius 2 is 1.61 bits per heavy atom. The zero-order chi connectivity index (χ0) is 24.9.